The van der Waals surface area contributed by atoms with Gasteiger partial charge in [-0.05, 0) is 55.8 Å². The van der Waals surface area contributed by atoms with Gasteiger partial charge in [0.05, 0.1) is 0 Å². The average molecular weight is 204 g/mol. The summed E-state index contributed by atoms with van der Waals surface area (Å²) in [5.74, 6) is 0.978. The topological polar surface area (TPSA) is 0 Å². The van der Waals surface area contributed by atoms with Gasteiger partial charge in [0.2, 0.25) is 0 Å². The summed E-state index contributed by atoms with van der Waals surface area (Å²) in [7, 11) is 0. The van der Waals surface area contributed by atoms with Crippen LogP contribution >= 0.6 is 0 Å². The third-order valence-electron chi connectivity index (χ3n) is 6.18. The second kappa shape index (κ2) is 2.52. The molecule has 0 nitrogen and oxygen atoms in total. The highest BCUT2D eigenvalue weighted by atomic mass is 14.7. The van der Waals surface area contributed by atoms with Crippen LogP contribution in [0.5, 0.6) is 0 Å². The fourth-order valence-electron chi connectivity index (χ4n) is 5.49. The van der Waals surface area contributed by atoms with Crippen LogP contribution in [-0.2, 0) is 0 Å². The Hall–Kier alpha value is -0.260. The Morgan fingerprint density at radius 2 is 1.93 bits per heavy atom. The van der Waals surface area contributed by atoms with Crippen LogP contribution in [0.4, 0.5) is 0 Å². The van der Waals surface area contributed by atoms with E-state index in [4.69, 9.17) is 0 Å². The molecule has 3 aliphatic rings. The van der Waals surface area contributed by atoms with Crippen molar-refractivity contribution in [3.05, 3.63) is 11.6 Å². The molecule has 0 aromatic carbocycles. The van der Waals surface area contributed by atoms with Gasteiger partial charge in [-0.1, -0.05) is 32.4 Å². The molecule has 84 valence electrons. The Morgan fingerprint density at radius 3 is 2.60 bits per heavy atom. The summed E-state index contributed by atoms with van der Waals surface area (Å²) in [5.41, 5.74) is 3.61. The minimum absolute atomic E-state index is 0.615. The molecule has 2 fully saturated rings. The van der Waals surface area contributed by atoms with Crippen LogP contribution in [0, 0.1) is 22.2 Å². The van der Waals surface area contributed by atoms with E-state index in [9.17, 15) is 0 Å². The lowest BCUT2D eigenvalue weighted by Gasteiger charge is -2.65. The van der Waals surface area contributed by atoms with E-state index in [-0.39, 0.29) is 0 Å². The molecule has 2 saturated carbocycles. The Labute approximate surface area is 94.1 Å². The summed E-state index contributed by atoms with van der Waals surface area (Å²) in [5, 5.41) is 0. The predicted molar refractivity (Wildman–Crippen MR) is 64.7 cm³/mol. The Bertz CT molecular complexity index is 336. The van der Waals surface area contributed by atoms with E-state index in [1.807, 2.05) is 0 Å². The smallest absolute Gasteiger partial charge is 0.000146 e. The van der Waals surface area contributed by atoms with Crippen LogP contribution in [-0.4, -0.2) is 0 Å². The van der Waals surface area contributed by atoms with E-state index in [0.717, 1.165) is 5.92 Å². The van der Waals surface area contributed by atoms with Gasteiger partial charge in [0, 0.05) is 5.41 Å². The van der Waals surface area contributed by atoms with Crippen molar-refractivity contribution in [1.29, 1.82) is 0 Å². The lowest BCUT2D eigenvalue weighted by molar-refractivity contribution is -0.118. The quantitative estimate of drug-likeness (QED) is 0.507. The number of hydrogen-bond acceptors (Lipinski definition) is 0. The monoisotopic (exact) mass is 204 g/mol. The summed E-state index contributed by atoms with van der Waals surface area (Å²) in [4.78, 5) is 0. The molecule has 0 saturated heterocycles. The zero-order valence-electron chi connectivity index (χ0n) is 10.7. The molecule has 0 unspecified atom stereocenters. The van der Waals surface area contributed by atoms with Crippen molar-refractivity contribution in [3.8, 4) is 0 Å². The highest BCUT2D eigenvalue weighted by Gasteiger charge is 2.69. The first kappa shape index (κ1) is 9.93. The van der Waals surface area contributed by atoms with Crippen LogP contribution in [0.2, 0.25) is 0 Å². The molecule has 0 amide bonds. The Kier molecular flexibility index (Phi) is 1.67. The number of rotatable bonds is 0. The van der Waals surface area contributed by atoms with Crippen molar-refractivity contribution in [2.24, 2.45) is 22.2 Å². The van der Waals surface area contributed by atoms with Gasteiger partial charge < -0.3 is 0 Å². The molecule has 3 aliphatic carbocycles. The van der Waals surface area contributed by atoms with E-state index in [1.165, 1.54) is 32.1 Å². The van der Waals surface area contributed by atoms with Gasteiger partial charge in [0.1, 0.15) is 0 Å². The maximum absolute atomic E-state index is 2.57. The standard InChI is InChI=1S/C15H24/c1-11-6-5-8-14(4)9-7-12-13(2,3)10-15(11,12)14/h6,12H,5,7-10H2,1-4H3/t12-,14+,15+/m1/s1. The van der Waals surface area contributed by atoms with Gasteiger partial charge in [-0.15, -0.1) is 0 Å². The number of hydrogen-bond donors (Lipinski definition) is 0. The molecule has 0 radical (unpaired) electrons. The second-order valence-electron chi connectivity index (χ2n) is 7.21. The fourth-order valence-corrected chi connectivity index (χ4v) is 5.49. The van der Waals surface area contributed by atoms with Crippen molar-refractivity contribution in [3.63, 3.8) is 0 Å². The molecule has 0 N–H and O–H groups in total. The van der Waals surface area contributed by atoms with E-state index in [1.54, 1.807) is 5.57 Å². The highest BCUT2D eigenvalue weighted by Crippen LogP contribution is 2.78. The Balaban J connectivity index is 2.09. The van der Waals surface area contributed by atoms with Gasteiger partial charge in [-0.2, -0.15) is 0 Å². The first-order valence-electron chi connectivity index (χ1n) is 6.60. The third kappa shape index (κ3) is 0.905. The minimum Gasteiger partial charge on any atom is -0.0850 e. The molecule has 0 bridgehead atoms. The van der Waals surface area contributed by atoms with Crippen LogP contribution < -0.4 is 0 Å². The summed E-state index contributed by atoms with van der Waals surface area (Å²) < 4.78 is 0. The molecular weight excluding hydrogens is 180 g/mol. The normalized spacial score (nSPS) is 51.5. The van der Waals surface area contributed by atoms with Crippen molar-refractivity contribution >= 4 is 0 Å². The molecule has 0 heterocycles. The average Bonchev–Trinajstić information content (AvgIpc) is 2.37. The largest absolute Gasteiger partial charge is 0.0850 e. The fraction of sp³-hybridized carbons (Fsp3) is 0.867. The van der Waals surface area contributed by atoms with Crippen molar-refractivity contribution in [1.82, 2.24) is 0 Å². The second-order valence-corrected chi connectivity index (χ2v) is 7.21. The van der Waals surface area contributed by atoms with E-state index >= 15 is 0 Å². The van der Waals surface area contributed by atoms with Gasteiger partial charge in [0.25, 0.3) is 0 Å². The van der Waals surface area contributed by atoms with Crippen LogP contribution in [0.1, 0.15) is 59.8 Å². The maximum Gasteiger partial charge on any atom is 0.000146 e. The highest BCUT2D eigenvalue weighted by molar-refractivity contribution is 5.32. The zero-order chi connectivity index (χ0) is 10.9. The minimum atomic E-state index is 0.615. The van der Waals surface area contributed by atoms with Crippen molar-refractivity contribution in [2.45, 2.75) is 59.8 Å². The molecule has 0 aliphatic heterocycles. The summed E-state index contributed by atoms with van der Waals surface area (Å²) in [6.45, 7) is 9.94. The first-order chi connectivity index (χ1) is 6.92. The van der Waals surface area contributed by atoms with E-state index < -0.39 is 0 Å². The molecule has 0 aromatic rings. The van der Waals surface area contributed by atoms with Crippen LogP contribution in [0.3, 0.4) is 0 Å². The van der Waals surface area contributed by atoms with Crippen LogP contribution in [0.25, 0.3) is 0 Å². The summed E-state index contributed by atoms with van der Waals surface area (Å²) in [6.07, 6.45) is 9.72. The maximum atomic E-state index is 2.57. The lowest BCUT2D eigenvalue weighted by atomic mass is 9.39. The Morgan fingerprint density at radius 1 is 1.20 bits per heavy atom. The first-order valence-corrected chi connectivity index (χ1v) is 6.60. The van der Waals surface area contributed by atoms with E-state index in [0.29, 0.717) is 16.2 Å². The van der Waals surface area contributed by atoms with Gasteiger partial charge in [0.15, 0.2) is 0 Å². The third-order valence-corrected chi connectivity index (χ3v) is 6.18. The predicted octanol–water partition coefficient (Wildman–Crippen LogP) is 4.56. The summed E-state index contributed by atoms with van der Waals surface area (Å²) >= 11 is 0. The molecule has 0 aromatic heterocycles. The molecule has 3 rings (SSSR count). The zero-order valence-corrected chi connectivity index (χ0v) is 10.7. The molecule has 15 heavy (non-hydrogen) atoms. The molecular formula is C15H24. The number of allylic oxidation sites excluding steroid dienone is 2. The van der Waals surface area contributed by atoms with Crippen molar-refractivity contribution in [2.75, 3.05) is 0 Å². The van der Waals surface area contributed by atoms with Gasteiger partial charge >= 0.3 is 0 Å². The molecule has 1 spiro atoms. The van der Waals surface area contributed by atoms with Crippen molar-refractivity contribution < 1.29 is 0 Å². The lowest BCUT2D eigenvalue weighted by Crippen LogP contribution is -2.58. The van der Waals surface area contributed by atoms with E-state index in [2.05, 4.69) is 33.8 Å². The summed E-state index contributed by atoms with van der Waals surface area (Å²) in [6, 6.07) is 0. The van der Waals surface area contributed by atoms with Gasteiger partial charge in [-0.25, -0.2) is 0 Å². The SMILES string of the molecule is CC1=CCC[C@@]2(C)CC[C@@H]3C(C)(C)C[C@]132. The van der Waals surface area contributed by atoms with Gasteiger partial charge in [-0.3, -0.25) is 0 Å². The molecule has 3 atom stereocenters. The van der Waals surface area contributed by atoms with Crippen LogP contribution in [0.15, 0.2) is 11.6 Å². The molecule has 0 heteroatoms.